The van der Waals surface area contributed by atoms with E-state index < -0.39 is 24.9 Å². The van der Waals surface area contributed by atoms with Gasteiger partial charge in [0.25, 0.3) is 8.25 Å². The van der Waals surface area contributed by atoms with Crippen molar-refractivity contribution in [1.82, 2.24) is 0 Å². The van der Waals surface area contributed by atoms with Crippen LogP contribution in [-0.4, -0.2) is 16.6 Å². The second kappa shape index (κ2) is 7.73. The molecule has 0 aromatic carbocycles. The summed E-state index contributed by atoms with van der Waals surface area (Å²) >= 11 is 0. The molecule has 0 saturated heterocycles. The number of hydrogen-bond acceptors (Lipinski definition) is 3. The summed E-state index contributed by atoms with van der Waals surface area (Å²) in [6, 6.07) is 0. The van der Waals surface area contributed by atoms with Gasteiger partial charge in [0.1, 0.15) is 0 Å². The van der Waals surface area contributed by atoms with Gasteiger partial charge in [0.05, 0.1) is 0 Å². The Hall–Kier alpha value is 0.584. The summed E-state index contributed by atoms with van der Waals surface area (Å²) in [5.41, 5.74) is 1.74. The highest BCUT2D eigenvalue weighted by molar-refractivity contribution is 7.38. The van der Waals surface area contributed by atoms with E-state index in [2.05, 4.69) is 68.5 Å². The molecule has 0 fully saturated rings. The summed E-state index contributed by atoms with van der Waals surface area (Å²) < 4.78 is 24.6. The molecule has 0 unspecified atom stereocenters. The summed E-state index contributed by atoms with van der Waals surface area (Å²) in [7, 11) is -6.42. The predicted octanol–water partition coefficient (Wildman–Crippen LogP) is 6.20. The SMILES string of the molecule is CC(C)[Si](C)(O[PH](=O)O[Si](C)(C(C)C)C(C)C)C(C)C. The van der Waals surface area contributed by atoms with Crippen molar-refractivity contribution in [1.29, 1.82) is 0 Å². The average molecular weight is 339 g/mol. The summed E-state index contributed by atoms with van der Waals surface area (Å²) in [5.74, 6) is 0. The van der Waals surface area contributed by atoms with Crippen LogP contribution in [0, 0.1) is 0 Å². The molecule has 0 atom stereocenters. The predicted molar refractivity (Wildman–Crippen MR) is 94.8 cm³/mol. The molecule has 3 nitrogen and oxygen atoms in total. The third-order valence-electron chi connectivity index (χ3n) is 5.19. The fourth-order valence-corrected chi connectivity index (χ4v) is 12.0. The van der Waals surface area contributed by atoms with Gasteiger partial charge in [0, 0.05) is 0 Å². The Morgan fingerprint density at radius 2 is 0.850 bits per heavy atom. The molecule has 0 radical (unpaired) electrons. The molecule has 0 spiro atoms. The van der Waals surface area contributed by atoms with Crippen LogP contribution in [0.15, 0.2) is 0 Å². The Kier molecular flexibility index (Phi) is 7.95. The third-order valence-corrected chi connectivity index (χ3v) is 19.2. The van der Waals surface area contributed by atoms with Crippen molar-refractivity contribution in [2.45, 2.75) is 90.6 Å². The van der Waals surface area contributed by atoms with Crippen molar-refractivity contribution in [3.8, 4) is 0 Å². The van der Waals surface area contributed by atoms with Crippen molar-refractivity contribution in [2.75, 3.05) is 0 Å². The molecule has 0 aromatic heterocycles. The lowest BCUT2D eigenvalue weighted by Crippen LogP contribution is -2.42. The van der Waals surface area contributed by atoms with Gasteiger partial charge in [-0.05, 0) is 35.3 Å². The molecule has 0 rings (SSSR count). The molecule has 122 valence electrons. The average Bonchev–Trinajstić information content (AvgIpc) is 2.27. The maximum atomic E-state index is 12.5. The molecule has 0 aliphatic carbocycles. The minimum absolute atomic E-state index is 0.436. The van der Waals surface area contributed by atoms with Crippen LogP contribution in [0.25, 0.3) is 0 Å². The Morgan fingerprint density at radius 3 is 1.00 bits per heavy atom. The first-order valence-corrected chi connectivity index (χ1v) is 14.1. The highest BCUT2D eigenvalue weighted by atomic mass is 31.1. The van der Waals surface area contributed by atoms with Crippen molar-refractivity contribution in [2.24, 2.45) is 0 Å². The van der Waals surface area contributed by atoms with Gasteiger partial charge in [0.2, 0.25) is 16.6 Å². The maximum Gasteiger partial charge on any atom is 0.299 e. The maximum absolute atomic E-state index is 12.5. The molecule has 0 heterocycles. The molecule has 0 aliphatic rings. The van der Waals surface area contributed by atoms with E-state index in [0.29, 0.717) is 22.2 Å². The van der Waals surface area contributed by atoms with Crippen LogP contribution in [0.2, 0.25) is 35.3 Å². The Labute approximate surface area is 129 Å². The molecular weight excluding hydrogens is 303 g/mol. The number of hydrogen-bond donors (Lipinski definition) is 0. The van der Waals surface area contributed by atoms with Crippen molar-refractivity contribution in [3.05, 3.63) is 0 Å². The van der Waals surface area contributed by atoms with Gasteiger partial charge in [-0.1, -0.05) is 55.4 Å². The van der Waals surface area contributed by atoms with E-state index in [1.54, 1.807) is 0 Å². The second-order valence-corrected chi connectivity index (χ2v) is 18.9. The molecule has 6 heteroatoms. The van der Waals surface area contributed by atoms with E-state index in [9.17, 15) is 4.57 Å². The standard InChI is InChI=1S/C14H35O3PSi2/c1-11(2)19(9,12(3)4)16-18(15)17-20(10,13(5)6)14(7)8/h11-14,18H,1-10H3. The zero-order chi connectivity index (χ0) is 16.3. The topological polar surface area (TPSA) is 35.5 Å². The smallest absolute Gasteiger partial charge is 0.299 e. The normalized spacial score (nSPS) is 14.3. The van der Waals surface area contributed by atoms with E-state index in [1.807, 2.05) is 0 Å². The van der Waals surface area contributed by atoms with E-state index in [1.165, 1.54) is 0 Å². The van der Waals surface area contributed by atoms with Crippen molar-refractivity contribution < 1.29 is 13.0 Å². The van der Waals surface area contributed by atoms with Gasteiger partial charge in [-0.15, -0.1) is 0 Å². The molecule has 20 heavy (non-hydrogen) atoms. The van der Waals surface area contributed by atoms with Crippen LogP contribution in [0.1, 0.15) is 55.4 Å². The summed E-state index contributed by atoms with van der Waals surface area (Å²) in [4.78, 5) is 0. The molecule has 0 aromatic rings. The van der Waals surface area contributed by atoms with E-state index in [4.69, 9.17) is 8.43 Å². The van der Waals surface area contributed by atoms with Gasteiger partial charge in [-0.2, -0.15) is 0 Å². The minimum Gasteiger partial charge on any atom is -0.352 e. The van der Waals surface area contributed by atoms with Crippen LogP contribution < -0.4 is 0 Å². The Morgan fingerprint density at radius 1 is 0.650 bits per heavy atom. The minimum atomic E-state index is -2.41. The first-order chi connectivity index (χ1) is 8.87. The summed E-state index contributed by atoms with van der Waals surface area (Å²) in [6.45, 7) is 21.7. The molecular formula is C14H35O3PSi2. The van der Waals surface area contributed by atoms with Crippen LogP contribution in [0.3, 0.4) is 0 Å². The van der Waals surface area contributed by atoms with Crippen molar-refractivity contribution in [3.63, 3.8) is 0 Å². The third kappa shape index (κ3) is 4.80. The van der Waals surface area contributed by atoms with E-state index in [-0.39, 0.29) is 0 Å². The summed E-state index contributed by atoms with van der Waals surface area (Å²) in [6.07, 6.45) is 0. The van der Waals surface area contributed by atoms with Crippen LogP contribution in [-0.2, 0) is 13.0 Å². The van der Waals surface area contributed by atoms with Gasteiger partial charge in [-0.3, -0.25) is 4.57 Å². The fraction of sp³-hybridized carbons (Fsp3) is 1.00. The first-order valence-electron chi connectivity index (χ1n) is 7.79. The zero-order valence-electron chi connectivity index (χ0n) is 15.0. The van der Waals surface area contributed by atoms with E-state index >= 15 is 0 Å². The molecule has 0 saturated carbocycles. The van der Waals surface area contributed by atoms with Gasteiger partial charge < -0.3 is 8.43 Å². The molecule has 0 N–H and O–H groups in total. The van der Waals surface area contributed by atoms with Crippen LogP contribution in [0.4, 0.5) is 0 Å². The fourth-order valence-electron chi connectivity index (χ4n) is 2.18. The van der Waals surface area contributed by atoms with E-state index in [0.717, 1.165) is 0 Å². The van der Waals surface area contributed by atoms with Crippen molar-refractivity contribution >= 4 is 24.9 Å². The molecule has 0 aliphatic heterocycles. The Balaban J connectivity index is 5.02. The monoisotopic (exact) mass is 338 g/mol. The second-order valence-electron chi connectivity index (χ2n) is 7.44. The lowest BCUT2D eigenvalue weighted by atomic mass is 10.5. The lowest BCUT2D eigenvalue weighted by Gasteiger charge is -2.38. The molecule has 0 amide bonds. The summed E-state index contributed by atoms with van der Waals surface area (Å²) in [5, 5.41) is 0. The molecule has 0 bridgehead atoms. The highest BCUT2D eigenvalue weighted by Gasteiger charge is 2.43. The van der Waals surface area contributed by atoms with Crippen LogP contribution >= 0.6 is 8.25 Å². The first kappa shape index (κ1) is 20.6. The van der Waals surface area contributed by atoms with Gasteiger partial charge >= 0.3 is 0 Å². The lowest BCUT2D eigenvalue weighted by molar-refractivity contribution is 0.388. The quantitative estimate of drug-likeness (QED) is 0.390. The van der Waals surface area contributed by atoms with Gasteiger partial charge in [-0.25, -0.2) is 0 Å². The Bertz CT molecular complexity index is 284. The number of rotatable bonds is 8. The zero-order valence-corrected chi connectivity index (χ0v) is 18.0. The van der Waals surface area contributed by atoms with Gasteiger partial charge in [0.15, 0.2) is 0 Å². The highest BCUT2D eigenvalue weighted by Crippen LogP contribution is 2.46. The largest absolute Gasteiger partial charge is 0.352 e. The van der Waals surface area contributed by atoms with Crippen LogP contribution in [0.5, 0.6) is 0 Å².